The first-order chi connectivity index (χ1) is 12.6. The van der Waals surface area contributed by atoms with Crippen molar-refractivity contribution < 1.29 is 19.4 Å². The average Bonchev–Trinajstić information content (AvgIpc) is 3.08. The SMILES string of the molecule is C=CCOC(=O)C1=C(C)Nc2nnnn2C1c1ccc(O)c(OCC)c1. The molecule has 0 saturated carbocycles. The Hall–Kier alpha value is -3.36. The summed E-state index contributed by atoms with van der Waals surface area (Å²) in [5.41, 5.74) is 1.61. The third-order valence-corrected chi connectivity index (χ3v) is 3.87. The maximum Gasteiger partial charge on any atom is 0.338 e. The predicted molar refractivity (Wildman–Crippen MR) is 92.7 cm³/mol. The van der Waals surface area contributed by atoms with E-state index < -0.39 is 12.0 Å². The summed E-state index contributed by atoms with van der Waals surface area (Å²) in [6.45, 7) is 7.60. The first-order valence-electron chi connectivity index (χ1n) is 8.06. The molecule has 0 aliphatic carbocycles. The Morgan fingerprint density at radius 2 is 2.31 bits per heavy atom. The first kappa shape index (κ1) is 17.5. The highest BCUT2D eigenvalue weighted by molar-refractivity contribution is 5.92. The van der Waals surface area contributed by atoms with Crippen LogP contribution in [0.5, 0.6) is 11.5 Å². The highest BCUT2D eigenvalue weighted by atomic mass is 16.5. The molecule has 26 heavy (non-hydrogen) atoms. The number of carbonyl (C=O) groups excluding carboxylic acids is 1. The number of aromatic hydroxyl groups is 1. The molecule has 2 heterocycles. The number of nitrogens with zero attached hydrogens (tertiary/aromatic N) is 4. The molecular formula is C17H19N5O4. The van der Waals surface area contributed by atoms with Gasteiger partial charge >= 0.3 is 5.97 Å². The summed E-state index contributed by atoms with van der Waals surface area (Å²) in [6.07, 6.45) is 1.50. The standard InChI is InChI=1S/C17H19N5O4/c1-4-8-26-16(24)14-10(3)18-17-19-20-21-22(17)15(14)11-6-7-12(23)13(9-11)25-5-2/h4,6-7,9,15,23H,1,5,8H2,2-3H3,(H,18,19,21). The van der Waals surface area contributed by atoms with Gasteiger partial charge in [0.2, 0.25) is 5.95 Å². The summed E-state index contributed by atoms with van der Waals surface area (Å²) >= 11 is 0. The van der Waals surface area contributed by atoms with Gasteiger partial charge in [-0.25, -0.2) is 4.79 Å². The van der Waals surface area contributed by atoms with Crippen LogP contribution in [0, 0.1) is 0 Å². The Morgan fingerprint density at radius 3 is 3.04 bits per heavy atom. The molecule has 9 nitrogen and oxygen atoms in total. The zero-order chi connectivity index (χ0) is 18.7. The van der Waals surface area contributed by atoms with Gasteiger partial charge in [-0.1, -0.05) is 23.8 Å². The highest BCUT2D eigenvalue weighted by Gasteiger charge is 2.35. The van der Waals surface area contributed by atoms with E-state index in [1.807, 2.05) is 6.92 Å². The monoisotopic (exact) mass is 357 g/mol. The van der Waals surface area contributed by atoms with Gasteiger partial charge < -0.3 is 19.9 Å². The first-order valence-corrected chi connectivity index (χ1v) is 8.06. The number of rotatable bonds is 6. The highest BCUT2D eigenvalue weighted by Crippen LogP contribution is 2.38. The third kappa shape index (κ3) is 3.10. The number of hydrogen-bond donors (Lipinski definition) is 2. The number of aromatic nitrogens is 4. The molecule has 1 aromatic heterocycles. The molecule has 1 atom stereocenters. The van der Waals surface area contributed by atoms with Gasteiger partial charge in [0.25, 0.3) is 0 Å². The number of phenolic OH excluding ortho intramolecular Hbond substituents is 1. The van der Waals surface area contributed by atoms with E-state index in [0.29, 0.717) is 35.1 Å². The van der Waals surface area contributed by atoms with Crippen LogP contribution in [0.1, 0.15) is 25.5 Å². The van der Waals surface area contributed by atoms with Crippen molar-refractivity contribution in [3.63, 3.8) is 0 Å². The molecular weight excluding hydrogens is 338 g/mol. The van der Waals surface area contributed by atoms with Crippen molar-refractivity contribution in [2.45, 2.75) is 19.9 Å². The summed E-state index contributed by atoms with van der Waals surface area (Å²) in [4.78, 5) is 12.6. The molecule has 1 aromatic carbocycles. The fraction of sp³-hybridized carbons (Fsp3) is 0.294. The summed E-state index contributed by atoms with van der Waals surface area (Å²) in [6, 6.07) is 4.23. The lowest BCUT2D eigenvalue weighted by Gasteiger charge is -2.27. The molecule has 0 spiro atoms. The Kier molecular flexibility index (Phi) is 4.87. The van der Waals surface area contributed by atoms with Gasteiger partial charge in [-0.05, 0) is 42.0 Å². The van der Waals surface area contributed by atoms with Crippen molar-refractivity contribution in [2.75, 3.05) is 18.5 Å². The molecule has 2 N–H and O–H groups in total. The van der Waals surface area contributed by atoms with Crippen molar-refractivity contribution in [3.8, 4) is 11.5 Å². The Labute approximate surface area is 149 Å². The molecule has 1 unspecified atom stereocenters. The third-order valence-electron chi connectivity index (χ3n) is 3.87. The largest absolute Gasteiger partial charge is 0.504 e. The quantitative estimate of drug-likeness (QED) is 0.595. The van der Waals surface area contributed by atoms with Gasteiger partial charge in [0.05, 0.1) is 12.2 Å². The molecule has 136 valence electrons. The molecule has 2 aromatic rings. The molecule has 3 rings (SSSR count). The molecule has 1 aliphatic rings. The maximum absolute atomic E-state index is 12.6. The van der Waals surface area contributed by atoms with E-state index in [9.17, 15) is 9.90 Å². The minimum atomic E-state index is -0.627. The summed E-state index contributed by atoms with van der Waals surface area (Å²) < 4.78 is 12.2. The van der Waals surface area contributed by atoms with Crippen LogP contribution in [0.2, 0.25) is 0 Å². The van der Waals surface area contributed by atoms with Crippen LogP contribution in [-0.2, 0) is 9.53 Å². The smallest absolute Gasteiger partial charge is 0.338 e. The maximum atomic E-state index is 12.6. The number of phenols is 1. The second kappa shape index (κ2) is 7.26. The van der Waals surface area contributed by atoms with E-state index in [4.69, 9.17) is 9.47 Å². The summed E-state index contributed by atoms with van der Waals surface area (Å²) in [5.74, 6) is 0.221. The number of hydrogen-bond acceptors (Lipinski definition) is 8. The molecule has 9 heteroatoms. The lowest BCUT2D eigenvalue weighted by molar-refractivity contribution is -0.138. The van der Waals surface area contributed by atoms with Gasteiger partial charge in [0, 0.05) is 5.70 Å². The molecule has 0 amide bonds. The number of benzene rings is 1. The number of nitrogens with one attached hydrogen (secondary N) is 1. The number of esters is 1. The van der Waals surface area contributed by atoms with E-state index in [1.165, 1.54) is 16.8 Å². The summed E-state index contributed by atoms with van der Waals surface area (Å²) in [7, 11) is 0. The van der Waals surface area contributed by atoms with Crippen molar-refractivity contribution in [3.05, 3.63) is 47.7 Å². The Morgan fingerprint density at radius 1 is 1.50 bits per heavy atom. The van der Waals surface area contributed by atoms with Gasteiger partial charge in [-0.2, -0.15) is 4.68 Å². The van der Waals surface area contributed by atoms with E-state index in [-0.39, 0.29) is 12.4 Å². The second-order valence-corrected chi connectivity index (χ2v) is 5.56. The zero-order valence-electron chi connectivity index (χ0n) is 14.5. The van der Waals surface area contributed by atoms with Crippen LogP contribution in [0.3, 0.4) is 0 Å². The van der Waals surface area contributed by atoms with Crippen molar-refractivity contribution in [1.82, 2.24) is 20.2 Å². The van der Waals surface area contributed by atoms with Crippen molar-refractivity contribution in [2.24, 2.45) is 0 Å². The van der Waals surface area contributed by atoms with E-state index in [2.05, 4.69) is 27.4 Å². The van der Waals surface area contributed by atoms with E-state index >= 15 is 0 Å². The molecule has 0 radical (unpaired) electrons. The molecule has 0 fully saturated rings. The van der Waals surface area contributed by atoms with E-state index in [0.717, 1.165) is 0 Å². The Bertz CT molecular complexity index is 874. The number of fused-ring (bicyclic) bond motifs is 1. The van der Waals surface area contributed by atoms with Crippen LogP contribution < -0.4 is 10.1 Å². The lowest BCUT2D eigenvalue weighted by Crippen LogP contribution is -2.29. The molecule has 0 bridgehead atoms. The Balaban J connectivity index is 2.10. The van der Waals surface area contributed by atoms with Gasteiger partial charge in [-0.3, -0.25) is 0 Å². The second-order valence-electron chi connectivity index (χ2n) is 5.56. The topological polar surface area (TPSA) is 111 Å². The number of ether oxygens (including phenoxy) is 2. The lowest BCUT2D eigenvalue weighted by atomic mass is 9.95. The van der Waals surface area contributed by atoms with Crippen LogP contribution in [-0.4, -0.2) is 44.5 Å². The number of tetrazole rings is 1. The summed E-state index contributed by atoms with van der Waals surface area (Å²) in [5, 5.41) is 24.5. The van der Waals surface area contributed by atoms with Gasteiger partial charge in [0.1, 0.15) is 12.6 Å². The zero-order valence-corrected chi connectivity index (χ0v) is 14.5. The fourth-order valence-corrected chi connectivity index (χ4v) is 2.77. The van der Waals surface area contributed by atoms with Gasteiger partial charge in [-0.15, -0.1) is 0 Å². The number of allylic oxidation sites excluding steroid dienone is 1. The normalized spacial score (nSPS) is 15.8. The van der Waals surface area contributed by atoms with Crippen LogP contribution in [0.25, 0.3) is 0 Å². The van der Waals surface area contributed by atoms with Gasteiger partial charge in [0.15, 0.2) is 11.5 Å². The van der Waals surface area contributed by atoms with Crippen LogP contribution in [0.15, 0.2) is 42.1 Å². The number of anilines is 1. The molecule has 1 aliphatic heterocycles. The average molecular weight is 357 g/mol. The number of carbonyl (C=O) groups is 1. The minimum Gasteiger partial charge on any atom is -0.504 e. The predicted octanol–water partition coefficient (Wildman–Crippen LogP) is 1.80. The van der Waals surface area contributed by atoms with Crippen molar-refractivity contribution >= 4 is 11.9 Å². The molecule has 0 saturated heterocycles. The van der Waals surface area contributed by atoms with Crippen LogP contribution >= 0.6 is 0 Å². The fourth-order valence-electron chi connectivity index (χ4n) is 2.77. The van der Waals surface area contributed by atoms with E-state index in [1.54, 1.807) is 19.1 Å². The minimum absolute atomic E-state index is 0.0120. The van der Waals surface area contributed by atoms with Crippen LogP contribution in [0.4, 0.5) is 5.95 Å². The van der Waals surface area contributed by atoms with Crippen molar-refractivity contribution in [1.29, 1.82) is 0 Å².